The second-order valence-electron chi connectivity index (χ2n) is 5.37. The summed E-state index contributed by atoms with van der Waals surface area (Å²) in [5.74, 6) is 0.610. The summed E-state index contributed by atoms with van der Waals surface area (Å²) in [6, 6.07) is 0. The molecule has 0 bridgehead atoms. The van der Waals surface area contributed by atoms with Gasteiger partial charge in [-0.2, -0.15) is 0 Å². The average molecular weight is 250 g/mol. The molecule has 0 rings (SSSR count). The highest BCUT2D eigenvalue weighted by molar-refractivity contribution is 5.02. The van der Waals surface area contributed by atoms with Crippen LogP contribution in [-0.2, 0) is 0 Å². The van der Waals surface area contributed by atoms with Crippen molar-refractivity contribution >= 4 is 0 Å². The molecule has 0 fully saturated rings. The van der Waals surface area contributed by atoms with E-state index in [0.29, 0.717) is 5.92 Å². The van der Waals surface area contributed by atoms with Crippen molar-refractivity contribution in [2.45, 2.75) is 59.8 Å². The lowest BCUT2D eigenvalue weighted by Crippen LogP contribution is -1.89. The van der Waals surface area contributed by atoms with Crippen molar-refractivity contribution < 1.29 is 5.11 Å². The minimum absolute atomic E-state index is 0.257. The Morgan fingerprint density at radius 2 is 1.78 bits per heavy atom. The monoisotopic (exact) mass is 250 g/mol. The normalized spacial score (nSPS) is 13.9. The van der Waals surface area contributed by atoms with Gasteiger partial charge in [-0.15, -0.1) is 0 Å². The molecular formula is C17H30O. The van der Waals surface area contributed by atoms with Gasteiger partial charge in [0.25, 0.3) is 0 Å². The van der Waals surface area contributed by atoms with Crippen molar-refractivity contribution in [3.8, 4) is 0 Å². The van der Waals surface area contributed by atoms with Gasteiger partial charge in [-0.3, -0.25) is 0 Å². The van der Waals surface area contributed by atoms with E-state index in [-0.39, 0.29) is 6.61 Å². The Hall–Kier alpha value is -0.820. The second kappa shape index (κ2) is 11.3. The van der Waals surface area contributed by atoms with Crippen LogP contribution in [0.25, 0.3) is 0 Å². The van der Waals surface area contributed by atoms with Crippen molar-refractivity contribution in [3.63, 3.8) is 0 Å². The quantitative estimate of drug-likeness (QED) is 0.569. The Kier molecular flexibility index (Phi) is 10.8. The lowest BCUT2D eigenvalue weighted by Gasteiger charge is -2.04. The van der Waals surface area contributed by atoms with Gasteiger partial charge in [0.1, 0.15) is 0 Å². The Balaban J connectivity index is 3.76. The Morgan fingerprint density at radius 1 is 1.06 bits per heavy atom. The highest BCUT2D eigenvalue weighted by Crippen LogP contribution is 2.12. The summed E-state index contributed by atoms with van der Waals surface area (Å²) >= 11 is 0. The SMILES string of the molecule is CC(C)=CCCC(C)=CCCC(C)/C=C\CCO. The molecule has 0 aliphatic carbocycles. The third-order valence-corrected chi connectivity index (χ3v) is 2.97. The van der Waals surface area contributed by atoms with E-state index in [0.717, 1.165) is 19.3 Å². The average Bonchev–Trinajstić information content (AvgIpc) is 2.29. The van der Waals surface area contributed by atoms with Crippen LogP contribution < -0.4 is 0 Å². The summed E-state index contributed by atoms with van der Waals surface area (Å²) in [7, 11) is 0. The van der Waals surface area contributed by atoms with Crippen LogP contribution in [0.1, 0.15) is 59.8 Å². The van der Waals surface area contributed by atoms with Crippen LogP contribution in [0.4, 0.5) is 0 Å². The Bertz CT molecular complexity index is 280. The lowest BCUT2D eigenvalue weighted by molar-refractivity contribution is 0.302. The van der Waals surface area contributed by atoms with E-state index in [4.69, 9.17) is 5.11 Å². The summed E-state index contributed by atoms with van der Waals surface area (Å²) in [5, 5.41) is 8.68. The van der Waals surface area contributed by atoms with Crippen molar-refractivity contribution in [3.05, 3.63) is 35.5 Å². The molecule has 0 spiro atoms. The number of aliphatic hydroxyl groups is 1. The van der Waals surface area contributed by atoms with Crippen LogP contribution in [0.5, 0.6) is 0 Å². The maximum absolute atomic E-state index is 8.68. The van der Waals surface area contributed by atoms with Gasteiger partial charge in [-0.05, 0) is 58.8 Å². The molecule has 1 atom stereocenters. The molecule has 1 heteroatoms. The Morgan fingerprint density at radius 3 is 2.39 bits per heavy atom. The van der Waals surface area contributed by atoms with Crippen molar-refractivity contribution in [2.24, 2.45) is 5.92 Å². The summed E-state index contributed by atoms with van der Waals surface area (Å²) in [6.07, 6.45) is 14.4. The van der Waals surface area contributed by atoms with E-state index in [9.17, 15) is 0 Å². The highest BCUT2D eigenvalue weighted by Gasteiger charge is 1.95. The first-order chi connectivity index (χ1) is 8.56. The summed E-state index contributed by atoms with van der Waals surface area (Å²) in [5.41, 5.74) is 2.91. The van der Waals surface area contributed by atoms with Crippen molar-refractivity contribution in [1.82, 2.24) is 0 Å². The molecular weight excluding hydrogens is 220 g/mol. The van der Waals surface area contributed by atoms with Gasteiger partial charge in [0, 0.05) is 6.61 Å². The number of aliphatic hydroxyl groups excluding tert-OH is 1. The first kappa shape index (κ1) is 17.2. The molecule has 1 unspecified atom stereocenters. The lowest BCUT2D eigenvalue weighted by atomic mass is 10.0. The minimum Gasteiger partial charge on any atom is -0.396 e. The van der Waals surface area contributed by atoms with E-state index < -0.39 is 0 Å². The second-order valence-corrected chi connectivity index (χ2v) is 5.37. The zero-order valence-electron chi connectivity index (χ0n) is 12.6. The molecule has 0 aliphatic rings. The fourth-order valence-corrected chi connectivity index (χ4v) is 1.78. The molecule has 0 aromatic rings. The van der Waals surface area contributed by atoms with Crippen molar-refractivity contribution in [2.75, 3.05) is 6.61 Å². The molecule has 0 heterocycles. The molecule has 0 amide bonds. The molecule has 0 aromatic heterocycles. The van der Waals surface area contributed by atoms with Gasteiger partial charge in [-0.1, -0.05) is 42.4 Å². The zero-order valence-corrected chi connectivity index (χ0v) is 12.6. The smallest absolute Gasteiger partial charge is 0.0465 e. The number of hydrogen-bond donors (Lipinski definition) is 1. The minimum atomic E-state index is 0.257. The molecule has 0 saturated carbocycles. The molecule has 0 aromatic carbocycles. The maximum Gasteiger partial charge on any atom is 0.0465 e. The number of hydrogen-bond acceptors (Lipinski definition) is 1. The molecule has 104 valence electrons. The Labute approximate surface area is 113 Å². The van der Waals surface area contributed by atoms with E-state index in [1.54, 1.807) is 0 Å². The van der Waals surface area contributed by atoms with Gasteiger partial charge in [0.2, 0.25) is 0 Å². The summed E-state index contributed by atoms with van der Waals surface area (Å²) < 4.78 is 0. The van der Waals surface area contributed by atoms with Gasteiger partial charge in [0.15, 0.2) is 0 Å². The van der Waals surface area contributed by atoms with Gasteiger partial charge < -0.3 is 5.11 Å². The first-order valence-electron chi connectivity index (χ1n) is 7.12. The van der Waals surface area contributed by atoms with Crippen LogP contribution in [0.2, 0.25) is 0 Å². The maximum atomic E-state index is 8.68. The summed E-state index contributed by atoms with van der Waals surface area (Å²) in [6.45, 7) is 9.02. The first-order valence-corrected chi connectivity index (χ1v) is 7.12. The van der Waals surface area contributed by atoms with Crippen molar-refractivity contribution in [1.29, 1.82) is 0 Å². The van der Waals surface area contributed by atoms with E-state index >= 15 is 0 Å². The van der Waals surface area contributed by atoms with E-state index in [1.807, 2.05) is 0 Å². The molecule has 0 radical (unpaired) electrons. The van der Waals surface area contributed by atoms with Crippen LogP contribution in [0.15, 0.2) is 35.5 Å². The standard InChI is InChI=1S/C17H30O/c1-15(2)9-7-11-17(4)13-8-12-16(3)10-5-6-14-18/h5,9-10,13,16,18H,6-8,11-12,14H2,1-4H3/b10-5-,17-13?. The molecule has 0 aliphatic heterocycles. The van der Waals surface area contributed by atoms with Gasteiger partial charge >= 0.3 is 0 Å². The van der Waals surface area contributed by atoms with Crippen LogP contribution in [0.3, 0.4) is 0 Å². The predicted octanol–water partition coefficient (Wildman–Crippen LogP) is 5.03. The summed E-state index contributed by atoms with van der Waals surface area (Å²) in [4.78, 5) is 0. The third-order valence-electron chi connectivity index (χ3n) is 2.97. The van der Waals surface area contributed by atoms with Crippen LogP contribution in [-0.4, -0.2) is 11.7 Å². The molecule has 18 heavy (non-hydrogen) atoms. The van der Waals surface area contributed by atoms with Crippen LogP contribution >= 0.6 is 0 Å². The fourth-order valence-electron chi connectivity index (χ4n) is 1.78. The highest BCUT2D eigenvalue weighted by atomic mass is 16.2. The topological polar surface area (TPSA) is 20.2 Å². The van der Waals surface area contributed by atoms with Gasteiger partial charge in [0.05, 0.1) is 0 Å². The number of rotatable bonds is 9. The molecule has 1 N–H and O–H groups in total. The zero-order chi connectivity index (χ0) is 13.8. The largest absolute Gasteiger partial charge is 0.396 e. The molecule has 0 saturated heterocycles. The van der Waals surface area contributed by atoms with Gasteiger partial charge in [-0.25, -0.2) is 0 Å². The third kappa shape index (κ3) is 11.7. The van der Waals surface area contributed by atoms with Crippen LogP contribution in [0, 0.1) is 5.92 Å². The number of allylic oxidation sites excluding steroid dienone is 5. The van der Waals surface area contributed by atoms with E-state index in [1.165, 1.54) is 24.0 Å². The van der Waals surface area contributed by atoms with E-state index in [2.05, 4.69) is 52.0 Å². The molecule has 1 nitrogen and oxygen atoms in total. The predicted molar refractivity (Wildman–Crippen MR) is 81.7 cm³/mol. The fraction of sp³-hybridized carbons (Fsp3) is 0.647.